The SMILES string of the molecule is O=C(CBr)c1ccc2c(c1)COc1cc(Br)ccc1-2. The maximum atomic E-state index is 11.7. The second-order valence-electron chi connectivity index (χ2n) is 4.36. The fourth-order valence-corrected chi connectivity index (χ4v) is 2.88. The number of alkyl halides is 1. The second-order valence-corrected chi connectivity index (χ2v) is 5.83. The summed E-state index contributed by atoms with van der Waals surface area (Å²) in [6.45, 7) is 0.502. The zero-order chi connectivity index (χ0) is 13.4. The highest BCUT2D eigenvalue weighted by Gasteiger charge is 2.18. The molecule has 0 N–H and O–H groups in total. The van der Waals surface area contributed by atoms with Crippen LogP contribution in [0.4, 0.5) is 0 Å². The lowest BCUT2D eigenvalue weighted by molar-refractivity contribution is 0.102. The van der Waals surface area contributed by atoms with Crippen molar-refractivity contribution < 1.29 is 9.53 Å². The number of rotatable bonds is 2. The number of fused-ring (bicyclic) bond motifs is 3. The summed E-state index contributed by atoms with van der Waals surface area (Å²) in [5.41, 5.74) is 3.99. The van der Waals surface area contributed by atoms with Crippen LogP contribution in [0.15, 0.2) is 40.9 Å². The minimum atomic E-state index is 0.0874. The third-order valence-corrected chi connectivity index (χ3v) is 4.17. The first kappa shape index (κ1) is 12.9. The van der Waals surface area contributed by atoms with Crippen LogP contribution >= 0.6 is 31.9 Å². The second kappa shape index (κ2) is 5.10. The number of halogens is 2. The molecular weight excluding hydrogens is 372 g/mol. The molecular formula is C15H10Br2O2. The fraction of sp³-hybridized carbons (Fsp3) is 0.133. The number of Topliss-reactive ketones (excluding diaryl/α,β-unsaturated/α-hetero) is 1. The summed E-state index contributed by atoms with van der Waals surface area (Å²) in [6.07, 6.45) is 0. The maximum Gasteiger partial charge on any atom is 0.173 e. The number of ketones is 1. The molecule has 0 radical (unpaired) electrons. The summed E-state index contributed by atoms with van der Waals surface area (Å²) >= 11 is 6.64. The Morgan fingerprint density at radius 1 is 1.16 bits per heavy atom. The molecule has 96 valence electrons. The van der Waals surface area contributed by atoms with E-state index in [0.29, 0.717) is 11.9 Å². The molecule has 0 saturated heterocycles. The van der Waals surface area contributed by atoms with Crippen molar-refractivity contribution in [2.45, 2.75) is 6.61 Å². The van der Waals surface area contributed by atoms with Gasteiger partial charge in [0.2, 0.25) is 0 Å². The Bertz CT molecular complexity index is 665. The standard InChI is InChI=1S/C15H10Br2O2/c16-7-14(18)9-1-3-12-10(5-9)8-19-15-6-11(17)2-4-13(12)15/h1-6H,7-8H2. The van der Waals surface area contributed by atoms with Crippen LogP contribution in [-0.4, -0.2) is 11.1 Å². The van der Waals surface area contributed by atoms with Crippen LogP contribution in [0.25, 0.3) is 11.1 Å². The minimum absolute atomic E-state index is 0.0874. The van der Waals surface area contributed by atoms with Crippen molar-refractivity contribution in [3.8, 4) is 16.9 Å². The summed E-state index contributed by atoms with van der Waals surface area (Å²) in [5, 5.41) is 0.343. The van der Waals surface area contributed by atoms with Crippen molar-refractivity contribution in [1.29, 1.82) is 0 Å². The topological polar surface area (TPSA) is 26.3 Å². The largest absolute Gasteiger partial charge is 0.488 e. The van der Waals surface area contributed by atoms with E-state index in [1.54, 1.807) is 0 Å². The number of benzene rings is 2. The van der Waals surface area contributed by atoms with Gasteiger partial charge in [-0.05, 0) is 35.4 Å². The van der Waals surface area contributed by atoms with Crippen molar-refractivity contribution in [3.63, 3.8) is 0 Å². The van der Waals surface area contributed by atoms with Gasteiger partial charge in [-0.15, -0.1) is 0 Å². The predicted octanol–water partition coefficient (Wildman–Crippen LogP) is 4.59. The highest BCUT2D eigenvalue weighted by Crippen LogP contribution is 2.39. The first-order valence-electron chi connectivity index (χ1n) is 5.84. The molecule has 2 nitrogen and oxygen atoms in total. The Balaban J connectivity index is 2.10. The van der Waals surface area contributed by atoms with E-state index in [-0.39, 0.29) is 5.78 Å². The number of carbonyl (C=O) groups excluding carboxylic acids is 1. The number of hydrogen-bond acceptors (Lipinski definition) is 2. The maximum absolute atomic E-state index is 11.7. The van der Waals surface area contributed by atoms with Crippen molar-refractivity contribution in [1.82, 2.24) is 0 Å². The molecule has 1 heterocycles. The Labute approximate surface area is 128 Å². The minimum Gasteiger partial charge on any atom is -0.488 e. The fourth-order valence-electron chi connectivity index (χ4n) is 2.22. The van der Waals surface area contributed by atoms with Crippen LogP contribution < -0.4 is 4.74 Å². The lowest BCUT2D eigenvalue weighted by atomic mass is 9.94. The summed E-state index contributed by atoms with van der Waals surface area (Å²) < 4.78 is 6.75. The third kappa shape index (κ3) is 2.35. The highest BCUT2D eigenvalue weighted by molar-refractivity contribution is 9.10. The van der Waals surface area contributed by atoms with Gasteiger partial charge in [-0.3, -0.25) is 4.79 Å². The lowest BCUT2D eigenvalue weighted by Gasteiger charge is -2.21. The van der Waals surface area contributed by atoms with Crippen molar-refractivity contribution in [2.24, 2.45) is 0 Å². The summed E-state index contributed by atoms with van der Waals surface area (Å²) in [5.74, 6) is 0.964. The molecule has 0 bridgehead atoms. The average Bonchev–Trinajstić information content (AvgIpc) is 2.45. The molecule has 2 aromatic rings. The zero-order valence-electron chi connectivity index (χ0n) is 9.95. The number of carbonyl (C=O) groups is 1. The van der Waals surface area contributed by atoms with E-state index in [1.165, 1.54) is 0 Å². The number of ether oxygens (including phenoxy) is 1. The van der Waals surface area contributed by atoms with Gasteiger partial charge in [0.25, 0.3) is 0 Å². The van der Waals surface area contributed by atoms with Gasteiger partial charge in [0.05, 0.1) is 5.33 Å². The lowest BCUT2D eigenvalue weighted by Crippen LogP contribution is -2.08. The Hall–Kier alpha value is -1.13. The zero-order valence-corrected chi connectivity index (χ0v) is 13.1. The van der Waals surface area contributed by atoms with E-state index in [0.717, 1.165) is 32.5 Å². The predicted molar refractivity (Wildman–Crippen MR) is 82.0 cm³/mol. The number of hydrogen-bond donors (Lipinski definition) is 0. The van der Waals surface area contributed by atoms with Gasteiger partial charge in [-0.1, -0.05) is 44.0 Å². The van der Waals surface area contributed by atoms with Crippen molar-refractivity contribution in [3.05, 3.63) is 52.0 Å². The summed E-state index contributed by atoms with van der Waals surface area (Å²) in [4.78, 5) is 11.7. The first-order valence-corrected chi connectivity index (χ1v) is 7.75. The average molecular weight is 382 g/mol. The van der Waals surface area contributed by atoms with E-state index in [9.17, 15) is 4.79 Å². The van der Waals surface area contributed by atoms with Crippen molar-refractivity contribution >= 4 is 37.6 Å². The monoisotopic (exact) mass is 380 g/mol. The van der Waals surface area contributed by atoms with Crippen LogP contribution in [0, 0.1) is 0 Å². The van der Waals surface area contributed by atoms with Crippen molar-refractivity contribution in [2.75, 3.05) is 5.33 Å². The molecule has 1 aliphatic heterocycles. The van der Waals surface area contributed by atoms with Gasteiger partial charge < -0.3 is 4.74 Å². The highest BCUT2D eigenvalue weighted by atomic mass is 79.9. The van der Waals surface area contributed by atoms with E-state index < -0.39 is 0 Å². The Morgan fingerprint density at radius 2 is 1.95 bits per heavy atom. The Morgan fingerprint density at radius 3 is 2.74 bits per heavy atom. The first-order chi connectivity index (χ1) is 9.19. The summed E-state index contributed by atoms with van der Waals surface area (Å²) in [6, 6.07) is 11.8. The summed E-state index contributed by atoms with van der Waals surface area (Å²) in [7, 11) is 0. The molecule has 0 atom stereocenters. The third-order valence-electron chi connectivity index (χ3n) is 3.17. The van der Waals surface area contributed by atoms with Gasteiger partial charge in [-0.25, -0.2) is 0 Å². The van der Waals surface area contributed by atoms with Gasteiger partial charge in [0, 0.05) is 15.6 Å². The Kier molecular flexibility index (Phi) is 3.46. The molecule has 0 aliphatic carbocycles. The normalized spacial score (nSPS) is 12.3. The molecule has 19 heavy (non-hydrogen) atoms. The molecule has 0 spiro atoms. The van der Waals surface area contributed by atoms with Crippen LogP contribution in [0.3, 0.4) is 0 Å². The van der Waals surface area contributed by atoms with Crippen LogP contribution in [0.1, 0.15) is 15.9 Å². The molecule has 0 saturated carbocycles. The van der Waals surface area contributed by atoms with Gasteiger partial charge in [0.15, 0.2) is 5.78 Å². The van der Waals surface area contributed by atoms with E-state index in [2.05, 4.69) is 31.9 Å². The van der Waals surface area contributed by atoms with Crippen LogP contribution in [0.2, 0.25) is 0 Å². The van der Waals surface area contributed by atoms with E-state index >= 15 is 0 Å². The molecule has 0 aromatic heterocycles. The molecule has 2 aromatic carbocycles. The smallest absolute Gasteiger partial charge is 0.173 e. The molecule has 0 unspecified atom stereocenters. The quantitative estimate of drug-likeness (QED) is 0.561. The van der Waals surface area contributed by atoms with Gasteiger partial charge in [-0.2, -0.15) is 0 Å². The molecule has 4 heteroatoms. The molecule has 0 amide bonds. The van der Waals surface area contributed by atoms with Gasteiger partial charge >= 0.3 is 0 Å². The van der Waals surface area contributed by atoms with Gasteiger partial charge in [0.1, 0.15) is 12.4 Å². The molecule has 1 aliphatic rings. The molecule has 3 rings (SSSR count). The van der Waals surface area contributed by atoms with E-state index in [4.69, 9.17) is 4.74 Å². The molecule has 0 fully saturated rings. The van der Waals surface area contributed by atoms with Crippen LogP contribution in [-0.2, 0) is 6.61 Å². The van der Waals surface area contributed by atoms with Crippen LogP contribution in [0.5, 0.6) is 5.75 Å². The van der Waals surface area contributed by atoms with E-state index in [1.807, 2.05) is 36.4 Å².